The lowest BCUT2D eigenvalue weighted by atomic mass is 10.2. The number of methoxy groups -OCH3 is 1. The Bertz CT molecular complexity index is 948. The fourth-order valence-electron chi connectivity index (χ4n) is 2.32. The molecular formula is C19H15Cl2N3O2. The number of amides is 1. The molecule has 1 amide bonds. The van der Waals surface area contributed by atoms with Gasteiger partial charge in [0.1, 0.15) is 11.6 Å². The molecule has 26 heavy (non-hydrogen) atoms. The van der Waals surface area contributed by atoms with E-state index >= 15 is 0 Å². The number of pyridine rings is 1. The summed E-state index contributed by atoms with van der Waals surface area (Å²) >= 11 is 12.1. The van der Waals surface area contributed by atoms with Gasteiger partial charge in [-0.25, -0.2) is 4.98 Å². The van der Waals surface area contributed by atoms with E-state index in [4.69, 9.17) is 27.9 Å². The van der Waals surface area contributed by atoms with Crippen LogP contribution in [0, 0.1) is 0 Å². The third kappa shape index (κ3) is 4.07. The van der Waals surface area contributed by atoms with Crippen LogP contribution in [0.3, 0.4) is 0 Å². The van der Waals surface area contributed by atoms with Crippen LogP contribution in [0.4, 0.5) is 17.2 Å². The minimum atomic E-state index is -0.320. The molecule has 2 aromatic carbocycles. The molecule has 132 valence electrons. The summed E-state index contributed by atoms with van der Waals surface area (Å²) in [5, 5.41) is 6.55. The summed E-state index contributed by atoms with van der Waals surface area (Å²) in [5.41, 5.74) is 1.62. The Morgan fingerprint density at radius 3 is 2.62 bits per heavy atom. The largest absolute Gasteiger partial charge is 0.495 e. The molecule has 0 atom stereocenters. The SMILES string of the molecule is COc1ccccc1Nc1cc(C(=O)Nc2cccc(Cl)c2Cl)ccn1. The van der Waals surface area contributed by atoms with E-state index < -0.39 is 0 Å². The molecule has 0 saturated heterocycles. The number of halogens is 2. The van der Waals surface area contributed by atoms with Crippen molar-refractivity contribution in [3.63, 3.8) is 0 Å². The summed E-state index contributed by atoms with van der Waals surface area (Å²) in [6.07, 6.45) is 1.55. The molecule has 0 radical (unpaired) electrons. The number of para-hydroxylation sites is 2. The lowest BCUT2D eigenvalue weighted by molar-refractivity contribution is 0.102. The van der Waals surface area contributed by atoms with Crippen LogP contribution < -0.4 is 15.4 Å². The third-order valence-corrected chi connectivity index (χ3v) is 4.41. The number of hydrogen-bond acceptors (Lipinski definition) is 4. The maximum Gasteiger partial charge on any atom is 0.255 e. The molecule has 0 fully saturated rings. The molecule has 0 spiro atoms. The minimum absolute atomic E-state index is 0.295. The summed E-state index contributed by atoms with van der Waals surface area (Å²) in [6, 6.07) is 15.7. The average Bonchev–Trinajstić information content (AvgIpc) is 2.66. The number of carbonyl (C=O) groups excluding carboxylic acids is 1. The summed E-state index contributed by atoms with van der Waals surface area (Å²) < 4.78 is 5.30. The number of benzene rings is 2. The molecule has 0 saturated carbocycles. The molecule has 7 heteroatoms. The summed E-state index contributed by atoms with van der Waals surface area (Å²) in [6.45, 7) is 0. The Balaban J connectivity index is 1.80. The Morgan fingerprint density at radius 2 is 1.81 bits per heavy atom. The van der Waals surface area contributed by atoms with Crippen molar-refractivity contribution in [2.75, 3.05) is 17.7 Å². The number of hydrogen-bond donors (Lipinski definition) is 2. The van der Waals surface area contributed by atoms with Crippen molar-refractivity contribution >= 4 is 46.3 Å². The quantitative estimate of drug-likeness (QED) is 0.615. The molecule has 5 nitrogen and oxygen atoms in total. The molecule has 0 unspecified atom stereocenters. The van der Waals surface area contributed by atoms with Gasteiger partial charge in [-0.05, 0) is 36.4 Å². The van der Waals surface area contributed by atoms with Crippen LogP contribution in [0.1, 0.15) is 10.4 Å². The standard InChI is InChI=1S/C19H15Cl2N3O2/c1-26-16-8-3-2-6-14(16)23-17-11-12(9-10-22-17)19(25)24-15-7-4-5-13(20)18(15)21/h2-11H,1H3,(H,22,23)(H,24,25). The number of nitrogens with zero attached hydrogens (tertiary/aromatic N) is 1. The molecule has 2 N–H and O–H groups in total. The number of carbonyl (C=O) groups is 1. The zero-order chi connectivity index (χ0) is 18.5. The van der Waals surface area contributed by atoms with Crippen LogP contribution in [0.5, 0.6) is 5.75 Å². The first-order chi connectivity index (χ1) is 12.6. The number of rotatable bonds is 5. The second-order valence-corrected chi connectivity index (χ2v) is 6.10. The van der Waals surface area contributed by atoms with E-state index in [2.05, 4.69) is 15.6 Å². The molecule has 3 rings (SSSR count). The smallest absolute Gasteiger partial charge is 0.255 e. The summed E-state index contributed by atoms with van der Waals surface area (Å²) in [7, 11) is 1.59. The second kappa shape index (κ2) is 8.08. The topological polar surface area (TPSA) is 63.2 Å². The molecule has 1 heterocycles. The Labute approximate surface area is 160 Å². The predicted octanol–water partition coefficient (Wildman–Crippen LogP) is 5.39. The fraction of sp³-hybridized carbons (Fsp3) is 0.0526. The molecule has 3 aromatic rings. The molecule has 0 aliphatic heterocycles. The van der Waals surface area contributed by atoms with Gasteiger partial charge in [-0.15, -0.1) is 0 Å². The van der Waals surface area contributed by atoms with Gasteiger partial charge in [0.2, 0.25) is 0 Å². The molecule has 0 aliphatic carbocycles. The Hall–Kier alpha value is -2.76. The average molecular weight is 388 g/mol. The van der Waals surface area contributed by atoms with Crippen LogP contribution >= 0.6 is 23.2 Å². The first-order valence-corrected chi connectivity index (χ1v) is 8.45. The molecule has 1 aromatic heterocycles. The van der Waals surface area contributed by atoms with Crippen molar-refractivity contribution < 1.29 is 9.53 Å². The van der Waals surface area contributed by atoms with E-state index in [1.54, 1.807) is 43.6 Å². The second-order valence-electron chi connectivity index (χ2n) is 5.31. The van der Waals surface area contributed by atoms with E-state index in [0.29, 0.717) is 32.9 Å². The van der Waals surface area contributed by atoms with Crippen LogP contribution in [0.15, 0.2) is 60.8 Å². The highest BCUT2D eigenvalue weighted by Gasteiger charge is 2.12. The van der Waals surface area contributed by atoms with E-state index in [-0.39, 0.29) is 5.91 Å². The predicted molar refractivity (Wildman–Crippen MR) is 105 cm³/mol. The number of aromatic nitrogens is 1. The van der Waals surface area contributed by atoms with Crippen molar-refractivity contribution in [3.05, 3.63) is 76.4 Å². The zero-order valence-corrected chi connectivity index (χ0v) is 15.3. The first-order valence-electron chi connectivity index (χ1n) is 7.70. The third-order valence-electron chi connectivity index (χ3n) is 3.59. The highest BCUT2D eigenvalue weighted by Crippen LogP contribution is 2.30. The van der Waals surface area contributed by atoms with E-state index in [0.717, 1.165) is 5.69 Å². The van der Waals surface area contributed by atoms with Crippen molar-refractivity contribution in [1.82, 2.24) is 4.98 Å². The Kier molecular flexibility index (Phi) is 5.61. The maximum absolute atomic E-state index is 12.5. The van der Waals surface area contributed by atoms with Gasteiger partial charge in [0.25, 0.3) is 5.91 Å². The lowest BCUT2D eigenvalue weighted by Crippen LogP contribution is -2.12. The summed E-state index contributed by atoms with van der Waals surface area (Å²) in [5.74, 6) is 0.869. The molecule has 0 aliphatic rings. The van der Waals surface area contributed by atoms with Crippen molar-refractivity contribution in [3.8, 4) is 5.75 Å². The van der Waals surface area contributed by atoms with Crippen molar-refractivity contribution in [1.29, 1.82) is 0 Å². The first kappa shape index (κ1) is 18.0. The van der Waals surface area contributed by atoms with Gasteiger partial charge in [-0.3, -0.25) is 4.79 Å². The number of anilines is 3. The maximum atomic E-state index is 12.5. The number of nitrogens with one attached hydrogen (secondary N) is 2. The van der Waals surface area contributed by atoms with Gasteiger partial charge in [-0.1, -0.05) is 41.4 Å². The van der Waals surface area contributed by atoms with E-state index in [1.165, 1.54) is 0 Å². The number of ether oxygens (including phenoxy) is 1. The van der Waals surface area contributed by atoms with Gasteiger partial charge in [0.05, 0.1) is 28.5 Å². The van der Waals surface area contributed by atoms with E-state index in [1.807, 2.05) is 24.3 Å². The van der Waals surface area contributed by atoms with Crippen LogP contribution in [0.25, 0.3) is 0 Å². The van der Waals surface area contributed by atoms with Crippen molar-refractivity contribution in [2.45, 2.75) is 0 Å². The van der Waals surface area contributed by atoms with Crippen molar-refractivity contribution in [2.24, 2.45) is 0 Å². The highest BCUT2D eigenvalue weighted by atomic mass is 35.5. The van der Waals surface area contributed by atoms with Crippen LogP contribution in [0.2, 0.25) is 10.0 Å². The van der Waals surface area contributed by atoms with Gasteiger partial charge in [-0.2, -0.15) is 0 Å². The van der Waals surface area contributed by atoms with Gasteiger partial charge in [0, 0.05) is 11.8 Å². The zero-order valence-electron chi connectivity index (χ0n) is 13.8. The van der Waals surface area contributed by atoms with E-state index in [9.17, 15) is 4.79 Å². The van der Waals surface area contributed by atoms with Crippen LogP contribution in [-0.4, -0.2) is 18.0 Å². The van der Waals surface area contributed by atoms with Gasteiger partial charge < -0.3 is 15.4 Å². The Morgan fingerprint density at radius 1 is 1.04 bits per heavy atom. The monoisotopic (exact) mass is 387 g/mol. The lowest BCUT2D eigenvalue weighted by Gasteiger charge is -2.11. The normalized spacial score (nSPS) is 10.3. The highest BCUT2D eigenvalue weighted by molar-refractivity contribution is 6.44. The molecular weight excluding hydrogens is 373 g/mol. The molecule has 0 bridgehead atoms. The minimum Gasteiger partial charge on any atom is -0.495 e. The van der Waals surface area contributed by atoms with Gasteiger partial charge in [0.15, 0.2) is 0 Å². The summed E-state index contributed by atoms with van der Waals surface area (Å²) in [4.78, 5) is 16.7. The van der Waals surface area contributed by atoms with Gasteiger partial charge >= 0.3 is 0 Å². The van der Waals surface area contributed by atoms with Crippen LogP contribution in [-0.2, 0) is 0 Å². The fourth-order valence-corrected chi connectivity index (χ4v) is 2.67.